The van der Waals surface area contributed by atoms with Crippen molar-refractivity contribution in [2.24, 2.45) is 11.8 Å². The zero-order valence-electron chi connectivity index (χ0n) is 10.8. The highest BCUT2D eigenvalue weighted by Gasteiger charge is 2.49. The summed E-state index contributed by atoms with van der Waals surface area (Å²) in [6.45, 7) is 0. The van der Waals surface area contributed by atoms with E-state index in [9.17, 15) is 9.59 Å². The molecular formula is C15H13ClN2O2. The summed E-state index contributed by atoms with van der Waals surface area (Å²) in [6.07, 6.45) is 3.55. The molecule has 2 atom stereocenters. The van der Waals surface area contributed by atoms with Crippen molar-refractivity contribution < 1.29 is 9.59 Å². The zero-order valence-corrected chi connectivity index (χ0v) is 11.6. The molecular weight excluding hydrogens is 276 g/mol. The molecule has 1 aliphatic carbocycles. The highest BCUT2D eigenvalue weighted by Crippen LogP contribution is 2.41. The lowest BCUT2D eigenvalue weighted by atomic mass is 9.81. The van der Waals surface area contributed by atoms with Gasteiger partial charge in [0.2, 0.25) is 11.8 Å². The summed E-state index contributed by atoms with van der Waals surface area (Å²) in [4.78, 5) is 26.1. The number of imide groups is 1. The fraction of sp³-hybridized carbons (Fsp3) is 0.400. The van der Waals surface area contributed by atoms with Gasteiger partial charge in [-0.3, -0.25) is 9.59 Å². The van der Waals surface area contributed by atoms with Crippen LogP contribution in [0.3, 0.4) is 0 Å². The summed E-state index contributed by atoms with van der Waals surface area (Å²) in [6, 6.07) is 6.62. The van der Waals surface area contributed by atoms with E-state index in [2.05, 4.69) is 0 Å². The highest BCUT2D eigenvalue weighted by atomic mass is 35.5. The van der Waals surface area contributed by atoms with E-state index in [1.807, 2.05) is 6.07 Å². The Balaban J connectivity index is 2.00. The van der Waals surface area contributed by atoms with Gasteiger partial charge >= 0.3 is 0 Å². The van der Waals surface area contributed by atoms with E-state index in [4.69, 9.17) is 16.9 Å². The lowest BCUT2D eigenvalue weighted by Gasteiger charge is -2.19. The van der Waals surface area contributed by atoms with E-state index in [-0.39, 0.29) is 28.7 Å². The average Bonchev–Trinajstić information content (AvgIpc) is 2.72. The second-order valence-electron chi connectivity index (χ2n) is 5.29. The van der Waals surface area contributed by atoms with Crippen LogP contribution in [0.5, 0.6) is 0 Å². The Morgan fingerprint density at radius 1 is 1.15 bits per heavy atom. The maximum absolute atomic E-state index is 12.4. The number of benzene rings is 1. The number of hydrogen-bond donors (Lipinski definition) is 0. The van der Waals surface area contributed by atoms with Crippen LogP contribution >= 0.6 is 11.6 Å². The molecule has 0 bridgehead atoms. The van der Waals surface area contributed by atoms with Gasteiger partial charge in [-0.1, -0.05) is 24.4 Å². The number of hydrogen-bond acceptors (Lipinski definition) is 3. The predicted molar refractivity (Wildman–Crippen MR) is 74.1 cm³/mol. The van der Waals surface area contributed by atoms with Crippen LogP contribution in [0, 0.1) is 23.2 Å². The fourth-order valence-electron chi connectivity index (χ4n) is 3.16. The summed E-state index contributed by atoms with van der Waals surface area (Å²) < 4.78 is 0. The molecule has 4 nitrogen and oxygen atoms in total. The molecule has 1 aromatic rings. The highest BCUT2D eigenvalue weighted by molar-refractivity contribution is 6.36. The monoisotopic (exact) mass is 288 g/mol. The average molecular weight is 289 g/mol. The summed E-state index contributed by atoms with van der Waals surface area (Å²) in [5.74, 6) is -0.677. The summed E-state index contributed by atoms with van der Waals surface area (Å²) in [5, 5.41) is 9.10. The normalized spacial score (nSPS) is 25.5. The summed E-state index contributed by atoms with van der Waals surface area (Å²) in [5.41, 5.74) is 0.810. The zero-order chi connectivity index (χ0) is 14.3. The van der Waals surface area contributed by atoms with Crippen LogP contribution in [-0.4, -0.2) is 11.8 Å². The number of nitrogens with zero attached hydrogens (tertiary/aromatic N) is 2. The van der Waals surface area contributed by atoms with E-state index in [0.717, 1.165) is 25.7 Å². The van der Waals surface area contributed by atoms with Gasteiger partial charge in [0.1, 0.15) is 0 Å². The molecule has 0 N–H and O–H groups in total. The molecule has 1 aromatic carbocycles. The molecule has 3 rings (SSSR count). The van der Waals surface area contributed by atoms with Gasteiger partial charge in [-0.25, -0.2) is 4.90 Å². The number of rotatable bonds is 1. The van der Waals surface area contributed by atoms with Crippen molar-refractivity contribution in [2.45, 2.75) is 25.7 Å². The first-order valence-corrected chi connectivity index (χ1v) is 7.08. The lowest BCUT2D eigenvalue weighted by Crippen LogP contribution is -2.31. The number of carbonyl (C=O) groups excluding carboxylic acids is 2. The number of fused-ring (bicyclic) bond motifs is 1. The van der Waals surface area contributed by atoms with Crippen LogP contribution in [0.15, 0.2) is 18.2 Å². The first-order chi connectivity index (χ1) is 9.63. The number of halogens is 1. The fourth-order valence-corrected chi connectivity index (χ4v) is 3.42. The van der Waals surface area contributed by atoms with Gasteiger partial charge in [0.15, 0.2) is 0 Å². The van der Waals surface area contributed by atoms with Crippen molar-refractivity contribution in [1.29, 1.82) is 5.26 Å². The molecule has 102 valence electrons. The second kappa shape index (κ2) is 4.92. The van der Waals surface area contributed by atoms with E-state index >= 15 is 0 Å². The molecule has 20 heavy (non-hydrogen) atoms. The first kappa shape index (κ1) is 13.1. The Morgan fingerprint density at radius 3 is 2.25 bits per heavy atom. The van der Waals surface area contributed by atoms with Crippen molar-refractivity contribution in [1.82, 2.24) is 0 Å². The Kier molecular flexibility index (Phi) is 3.23. The minimum absolute atomic E-state index is 0.147. The van der Waals surface area contributed by atoms with Gasteiger partial charge in [-0.15, -0.1) is 0 Å². The Morgan fingerprint density at radius 2 is 1.75 bits per heavy atom. The minimum atomic E-state index is -0.192. The molecule has 0 spiro atoms. The third-order valence-corrected chi connectivity index (χ3v) is 4.46. The van der Waals surface area contributed by atoms with E-state index in [0.29, 0.717) is 11.3 Å². The SMILES string of the molecule is N#Cc1ccc(N2C(=O)C3CCCCC3C2=O)c(Cl)c1. The largest absolute Gasteiger partial charge is 0.274 e. The second-order valence-corrected chi connectivity index (χ2v) is 5.69. The smallest absolute Gasteiger partial charge is 0.237 e. The van der Waals surface area contributed by atoms with Crippen molar-refractivity contribution in [3.05, 3.63) is 28.8 Å². The maximum atomic E-state index is 12.4. The van der Waals surface area contributed by atoms with Crippen LogP contribution in [-0.2, 0) is 9.59 Å². The number of amides is 2. The van der Waals surface area contributed by atoms with Crippen LogP contribution in [0.4, 0.5) is 5.69 Å². The predicted octanol–water partition coefficient (Wildman–Crippen LogP) is 2.89. The van der Waals surface area contributed by atoms with Crippen LogP contribution in [0.25, 0.3) is 0 Å². The van der Waals surface area contributed by atoms with Crippen LogP contribution < -0.4 is 4.90 Å². The first-order valence-electron chi connectivity index (χ1n) is 6.71. The molecule has 2 amide bonds. The molecule has 0 radical (unpaired) electrons. The van der Waals surface area contributed by atoms with E-state index in [1.165, 1.54) is 11.0 Å². The van der Waals surface area contributed by atoms with Gasteiger partial charge in [0, 0.05) is 0 Å². The van der Waals surface area contributed by atoms with Crippen molar-refractivity contribution >= 4 is 29.1 Å². The minimum Gasteiger partial charge on any atom is -0.274 e. The molecule has 1 heterocycles. The van der Waals surface area contributed by atoms with Crippen LogP contribution in [0.1, 0.15) is 31.2 Å². The Labute approximate surface area is 121 Å². The van der Waals surface area contributed by atoms with E-state index < -0.39 is 0 Å². The maximum Gasteiger partial charge on any atom is 0.237 e. The summed E-state index contributed by atoms with van der Waals surface area (Å²) in [7, 11) is 0. The van der Waals surface area contributed by atoms with Gasteiger partial charge in [-0.2, -0.15) is 5.26 Å². The van der Waals surface area contributed by atoms with Crippen molar-refractivity contribution in [3.63, 3.8) is 0 Å². The van der Waals surface area contributed by atoms with E-state index in [1.54, 1.807) is 12.1 Å². The lowest BCUT2D eigenvalue weighted by molar-refractivity contribution is -0.122. The Hall–Kier alpha value is -1.86. The van der Waals surface area contributed by atoms with Gasteiger partial charge in [-0.05, 0) is 31.0 Å². The summed E-state index contributed by atoms with van der Waals surface area (Å²) >= 11 is 6.12. The molecule has 2 fully saturated rings. The standard InChI is InChI=1S/C15H13ClN2O2/c16-12-7-9(8-17)5-6-13(12)18-14(19)10-3-1-2-4-11(10)15(18)20/h5-7,10-11H,1-4H2. The molecule has 0 aromatic heterocycles. The molecule has 2 aliphatic rings. The molecule has 1 aliphatic heterocycles. The number of carbonyl (C=O) groups is 2. The molecule has 1 saturated heterocycles. The molecule has 2 unspecified atom stereocenters. The molecule has 1 saturated carbocycles. The van der Waals surface area contributed by atoms with Crippen LogP contribution in [0.2, 0.25) is 5.02 Å². The molecule has 5 heteroatoms. The quantitative estimate of drug-likeness (QED) is 0.747. The number of nitriles is 1. The van der Waals surface area contributed by atoms with Gasteiger partial charge < -0.3 is 0 Å². The third-order valence-electron chi connectivity index (χ3n) is 4.16. The third kappa shape index (κ3) is 1.90. The number of anilines is 1. The van der Waals surface area contributed by atoms with Crippen molar-refractivity contribution in [3.8, 4) is 6.07 Å². The van der Waals surface area contributed by atoms with Gasteiger partial charge in [0.05, 0.1) is 34.2 Å². The Bertz CT molecular complexity index is 611. The van der Waals surface area contributed by atoms with Gasteiger partial charge in [0.25, 0.3) is 0 Å². The van der Waals surface area contributed by atoms with Crippen molar-refractivity contribution in [2.75, 3.05) is 4.90 Å². The topological polar surface area (TPSA) is 61.2 Å².